The van der Waals surface area contributed by atoms with E-state index in [1.54, 1.807) is 11.3 Å². The minimum Gasteiger partial charge on any atom is -0.458 e. The monoisotopic (exact) mass is 295 g/mol. The summed E-state index contributed by atoms with van der Waals surface area (Å²) in [6.45, 7) is 2.42. The zero-order valence-corrected chi connectivity index (χ0v) is 12.2. The first-order valence-corrected chi connectivity index (χ1v) is 7.01. The van der Waals surface area contributed by atoms with Gasteiger partial charge in [-0.05, 0) is 19.1 Å². The number of furan rings is 1. The van der Waals surface area contributed by atoms with Crippen LogP contribution >= 0.6 is 11.3 Å². The lowest BCUT2D eigenvalue weighted by molar-refractivity contribution is -0.123. The van der Waals surface area contributed by atoms with E-state index in [2.05, 4.69) is 10.3 Å². The Morgan fingerprint density at radius 2 is 2.40 bits per heavy atom. The third kappa shape index (κ3) is 3.66. The van der Waals surface area contributed by atoms with Gasteiger partial charge in [0.05, 0.1) is 18.2 Å². The second kappa shape index (κ2) is 6.65. The van der Waals surface area contributed by atoms with Crippen molar-refractivity contribution in [3.8, 4) is 11.5 Å². The van der Waals surface area contributed by atoms with Crippen molar-refractivity contribution in [3.63, 3.8) is 0 Å². The number of thiazole rings is 1. The first kappa shape index (κ1) is 14.7. The normalized spacial score (nSPS) is 12.3. The van der Waals surface area contributed by atoms with Crippen LogP contribution in [-0.2, 0) is 16.1 Å². The molecule has 0 fully saturated rings. The molecule has 6 nitrogen and oxygen atoms in total. The molecule has 2 heterocycles. The van der Waals surface area contributed by atoms with Gasteiger partial charge >= 0.3 is 0 Å². The zero-order chi connectivity index (χ0) is 14.5. The highest BCUT2D eigenvalue weighted by atomic mass is 32.1. The standard InChI is InChI=1S/C13H17N3O3S/c1-8-16-11(7-20-8)12-4-3-9(19-12)5-15-13(17)10(14)6-18-2/h3-4,7,10H,5-6,14H2,1-2H3,(H,15,17). The summed E-state index contributed by atoms with van der Waals surface area (Å²) < 4.78 is 10.5. The molecule has 1 atom stereocenters. The van der Waals surface area contributed by atoms with Crippen molar-refractivity contribution in [2.75, 3.05) is 13.7 Å². The first-order valence-electron chi connectivity index (χ1n) is 6.13. The van der Waals surface area contributed by atoms with Gasteiger partial charge < -0.3 is 20.2 Å². The fourth-order valence-corrected chi connectivity index (χ4v) is 2.25. The lowest BCUT2D eigenvalue weighted by Gasteiger charge is -2.09. The molecular weight excluding hydrogens is 278 g/mol. The summed E-state index contributed by atoms with van der Waals surface area (Å²) in [5, 5.41) is 5.62. The lowest BCUT2D eigenvalue weighted by Crippen LogP contribution is -2.43. The summed E-state index contributed by atoms with van der Waals surface area (Å²) in [7, 11) is 1.50. The van der Waals surface area contributed by atoms with Crippen LogP contribution < -0.4 is 11.1 Å². The summed E-state index contributed by atoms with van der Waals surface area (Å²) in [4.78, 5) is 16.0. The van der Waals surface area contributed by atoms with Crippen molar-refractivity contribution in [1.29, 1.82) is 0 Å². The van der Waals surface area contributed by atoms with Crippen LogP contribution in [-0.4, -0.2) is 30.6 Å². The average Bonchev–Trinajstić information content (AvgIpc) is 3.04. The molecule has 0 saturated carbocycles. The van der Waals surface area contributed by atoms with Crippen molar-refractivity contribution in [2.24, 2.45) is 5.73 Å². The topological polar surface area (TPSA) is 90.4 Å². The van der Waals surface area contributed by atoms with Gasteiger partial charge in [-0.15, -0.1) is 11.3 Å². The highest BCUT2D eigenvalue weighted by Gasteiger charge is 2.13. The molecule has 0 bridgehead atoms. The van der Waals surface area contributed by atoms with Crippen LogP contribution in [0.5, 0.6) is 0 Å². The van der Waals surface area contributed by atoms with Crippen LogP contribution in [0.15, 0.2) is 21.9 Å². The molecule has 0 spiro atoms. The highest BCUT2D eigenvalue weighted by molar-refractivity contribution is 7.09. The molecule has 0 radical (unpaired) electrons. The molecule has 0 aliphatic carbocycles. The Morgan fingerprint density at radius 1 is 1.60 bits per heavy atom. The Morgan fingerprint density at radius 3 is 3.05 bits per heavy atom. The number of hydrogen-bond acceptors (Lipinski definition) is 6. The van der Waals surface area contributed by atoms with Gasteiger partial charge in [0, 0.05) is 12.5 Å². The van der Waals surface area contributed by atoms with E-state index in [1.165, 1.54) is 7.11 Å². The molecule has 1 unspecified atom stereocenters. The first-order chi connectivity index (χ1) is 9.60. The Balaban J connectivity index is 1.92. The maximum atomic E-state index is 11.6. The molecule has 2 rings (SSSR count). The minimum atomic E-state index is -0.671. The molecule has 0 aromatic carbocycles. The molecule has 2 aromatic rings. The number of carbonyl (C=O) groups excluding carboxylic acids is 1. The van der Waals surface area contributed by atoms with E-state index in [4.69, 9.17) is 14.9 Å². The number of aryl methyl sites for hydroxylation is 1. The predicted molar refractivity (Wildman–Crippen MR) is 76.3 cm³/mol. The van der Waals surface area contributed by atoms with E-state index in [9.17, 15) is 4.79 Å². The van der Waals surface area contributed by atoms with Gasteiger partial charge in [0.1, 0.15) is 17.5 Å². The Bertz CT molecular complexity index is 579. The summed E-state index contributed by atoms with van der Waals surface area (Å²) >= 11 is 1.56. The summed E-state index contributed by atoms with van der Waals surface area (Å²) in [5.74, 6) is 1.08. The average molecular weight is 295 g/mol. The molecule has 1 amide bonds. The third-order valence-electron chi connectivity index (χ3n) is 2.65. The molecule has 108 valence electrons. The minimum absolute atomic E-state index is 0.188. The Kier molecular flexibility index (Phi) is 4.89. The second-order valence-corrected chi connectivity index (χ2v) is 5.36. The van der Waals surface area contributed by atoms with Crippen LogP contribution in [0.1, 0.15) is 10.8 Å². The zero-order valence-electron chi connectivity index (χ0n) is 11.4. The van der Waals surface area contributed by atoms with Gasteiger partial charge in [-0.25, -0.2) is 4.98 Å². The fraction of sp³-hybridized carbons (Fsp3) is 0.385. The maximum absolute atomic E-state index is 11.6. The maximum Gasteiger partial charge on any atom is 0.239 e. The number of ether oxygens (including phenoxy) is 1. The van der Waals surface area contributed by atoms with Crippen LogP contribution in [0.2, 0.25) is 0 Å². The highest BCUT2D eigenvalue weighted by Crippen LogP contribution is 2.23. The van der Waals surface area contributed by atoms with E-state index in [-0.39, 0.29) is 12.5 Å². The number of nitrogens with one attached hydrogen (secondary N) is 1. The molecular formula is C13H17N3O3S. The molecule has 0 aliphatic heterocycles. The van der Waals surface area contributed by atoms with Crippen LogP contribution in [0.25, 0.3) is 11.5 Å². The van der Waals surface area contributed by atoms with Crippen molar-refractivity contribution in [2.45, 2.75) is 19.5 Å². The van der Waals surface area contributed by atoms with Crippen molar-refractivity contribution >= 4 is 17.2 Å². The smallest absolute Gasteiger partial charge is 0.239 e. The molecule has 0 saturated heterocycles. The second-order valence-electron chi connectivity index (χ2n) is 4.30. The lowest BCUT2D eigenvalue weighted by atomic mass is 10.3. The number of rotatable bonds is 6. The number of aromatic nitrogens is 1. The van der Waals surface area contributed by atoms with Gasteiger partial charge in [0.2, 0.25) is 5.91 Å². The van der Waals surface area contributed by atoms with Gasteiger partial charge in [0.25, 0.3) is 0 Å². The van der Waals surface area contributed by atoms with Gasteiger partial charge in [0.15, 0.2) is 5.76 Å². The SMILES string of the molecule is COCC(N)C(=O)NCc1ccc(-c2csc(C)n2)o1. The van der Waals surface area contributed by atoms with Gasteiger partial charge in [-0.1, -0.05) is 0 Å². The number of amides is 1. The quantitative estimate of drug-likeness (QED) is 0.838. The van der Waals surface area contributed by atoms with Crippen LogP contribution in [0, 0.1) is 6.92 Å². The number of hydrogen-bond donors (Lipinski definition) is 2. The van der Waals surface area contributed by atoms with Crippen molar-refractivity contribution < 1.29 is 13.9 Å². The Hall–Kier alpha value is -1.70. The van der Waals surface area contributed by atoms with E-state index in [1.807, 2.05) is 24.4 Å². The number of methoxy groups -OCH3 is 1. The van der Waals surface area contributed by atoms with E-state index in [0.717, 1.165) is 10.7 Å². The molecule has 20 heavy (non-hydrogen) atoms. The van der Waals surface area contributed by atoms with Gasteiger partial charge in [-0.2, -0.15) is 0 Å². The van der Waals surface area contributed by atoms with Gasteiger partial charge in [-0.3, -0.25) is 4.79 Å². The molecule has 7 heteroatoms. The Labute approximate surface area is 120 Å². The summed E-state index contributed by atoms with van der Waals surface area (Å²) in [6.07, 6.45) is 0. The molecule has 2 aromatic heterocycles. The van der Waals surface area contributed by atoms with Crippen LogP contribution in [0.4, 0.5) is 0 Å². The van der Waals surface area contributed by atoms with E-state index < -0.39 is 6.04 Å². The number of nitrogens with two attached hydrogens (primary N) is 1. The largest absolute Gasteiger partial charge is 0.458 e. The van der Waals surface area contributed by atoms with E-state index in [0.29, 0.717) is 18.1 Å². The molecule has 3 N–H and O–H groups in total. The van der Waals surface area contributed by atoms with Crippen molar-refractivity contribution in [3.05, 3.63) is 28.3 Å². The third-order valence-corrected chi connectivity index (χ3v) is 3.43. The van der Waals surface area contributed by atoms with Crippen LogP contribution in [0.3, 0.4) is 0 Å². The molecule has 0 aliphatic rings. The van der Waals surface area contributed by atoms with E-state index >= 15 is 0 Å². The summed E-state index contributed by atoms with van der Waals surface area (Å²) in [5.41, 5.74) is 6.42. The number of carbonyl (C=O) groups is 1. The summed E-state index contributed by atoms with van der Waals surface area (Å²) in [6, 6.07) is 2.98. The van der Waals surface area contributed by atoms with Crippen molar-refractivity contribution in [1.82, 2.24) is 10.3 Å². The fourth-order valence-electron chi connectivity index (χ4n) is 1.65. The predicted octanol–water partition coefficient (Wildman–Crippen LogP) is 1.30. The number of nitrogens with zero attached hydrogens (tertiary/aromatic N) is 1.